The summed E-state index contributed by atoms with van der Waals surface area (Å²) in [6.07, 6.45) is -0.202. The van der Waals surface area contributed by atoms with E-state index in [0.29, 0.717) is 37.6 Å². The second-order valence-electron chi connectivity index (χ2n) is 6.34. The molecule has 27 heavy (non-hydrogen) atoms. The third-order valence-electron chi connectivity index (χ3n) is 4.26. The van der Waals surface area contributed by atoms with Crippen LogP contribution in [0, 0.1) is 18.7 Å². The van der Waals surface area contributed by atoms with Crippen molar-refractivity contribution >= 4 is 29.9 Å². The van der Waals surface area contributed by atoms with Crippen molar-refractivity contribution in [1.82, 2.24) is 15.8 Å². The van der Waals surface area contributed by atoms with Crippen molar-refractivity contribution < 1.29 is 18.4 Å². The molecule has 3 rings (SSSR count). The van der Waals surface area contributed by atoms with Crippen molar-refractivity contribution in [2.45, 2.75) is 19.4 Å². The summed E-state index contributed by atoms with van der Waals surface area (Å²) in [6.45, 7) is 4.06. The Morgan fingerprint density at radius 1 is 1.44 bits per heavy atom. The van der Waals surface area contributed by atoms with E-state index in [1.165, 1.54) is 12.1 Å². The maximum absolute atomic E-state index is 13.8. The number of carbonyl (C=O) groups excluding carboxylic acids is 1. The first-order valence-electron chi connectivity index (χ1n) is 8.49. The van der Waals surface area contributed by atoms with Gasteiger partial charge in [0.15, 0.2) is 0 Å². The standard InChI is InChI=1S/C18H21ClFN3O3.ClH/c1-11-6-14(26-23-11)8-17(24)22-10-13-9-21-4-5-25-18(13)12-2-3-15(19)16(20)7-12;/h2-3,6-7,13,18,21H,4-5,8-10H2,1H3,(H,22,24);1H/t13-,18-;/m0./s1. The van der Waals surface area contributed by atoms with Gasteiger partial charge in [-0.2, -0.15) is 0 Å². The molecule has 0 saturated carbocycles. The average Bonchev–Trinajstić information content (AvgIpc) is 2.88. The molecule has 1 amide bonds. The third-order valence-corrected chi connectivity index (χ3v) is 4.56. The minimum absolute atomic E-state index is 0. The molecule has 9 heteroatoms. The first-order chi connectivity index (χ1) is 12.5. The smallest absolute Gasteiger partial charge is 0.227 e. The van der Waals surface area contributed by atoms with E-state index >= 15 is 0 Å². The van der Waals surface area contributed by atoms with Gasteiger partial charge in [-0.05, 0) is 24.6 Å². The summed E-state index contributed by atoms with van der Waals surface area (Å²) in [5, 5.41) is 10.0. The highest BCUT2D eigenvalue weighted by Gasteiger charge is 2.27. The predicted octanol–water partition coefficient (Wildman–Crippen LogP) is 2.83. The number of aryl methyl sites for hydroxylation is 1. The number of nitrogens with zero attached hydrogens (tertiary/aromatic N) is 1. The van der Waals surface area contributed by atoms with Crippen LogP contribution >= 0.6 is 24.0 Å². The van der Waals surface area contributed by atoms with Crippen LogP contribution in [0.3, 0.4) is 0 Å². The van der Waals surface area contributed by atoms with Crippen molar-refractivity contribution in [3.8, 4) is 0 Å². The van der Waals surface area contributed by atoms with E-state index in [0.717, 1.165) is 5.69 Å². The van der Waals surface area contributed by atoms with Gasteiger partial charge in [-0.15, -0.1) is 12.4 Å². The van der Waals surface area contributed by atoms with E-state index in [9.17, 15) is 9.18 Å². The van der Waals surface area contributed by atoms with Gasteiger partial charge < -0.3 is 19.9 Å². The number of amides is 1. The number of benzene rings is 1. The topological polar surface area (TPSA) is 76.4 Å². The first kappa shape index (κ1) is 21.6. The van der Waals surface area contributed by atoms with Crippen LogP contribution < -0.4 is 10.6 Å². The Kier molecular flexibility index (Phi) is 8.04. The number of hydrogen-bond donors (Lipinski definition) is 2. The minimum Gasteiger partial charge on any atom is -0.372 e. The van der Waals surface area contributed by atoms with Gasteiger partial charge >= 0.3 is 0 Å². The van der Waals surface area contributed by atoms with E-state index in [1.807, 2.05) is 0 Å². The van der Waals surface area contributed by atoms with Crippen LogP contribution in [0.1, 0.15) is 23.1 Å². The summed E-state index contributed by atoms with van der Waals surface area (Å²) in [5.41, 5.74) is 1.44. The summed E-state index contributed by atoms with van der Waals surface area (Å²) in [7, 11) is 0. The molecule has 0 bridgehead atoms. The predicted molar refractivity (Wildman–Crippen MR) is 102 cm³/mol. The van der Waals surface area contributed by atoms with Crippen LogP contribution in [0.4, 0.5) is 4.39 Å². The van der Waals surface area contributed by atoms with Gasteiger partial charge in [-0.25, -0.2) is 4.39 Å². The SMILES string of the molecule is Cc1cc(CC(=O)NC[C@@H]2CNCCO[C@H]2c2ccc(Cl)c(F)c2)on1.Cl. The normalized spacial score (nSPS) is 19.8. The number of aromatic nitrogens is 1. The van der Waals surface area contributed by atoms with E-state index in [2.05, 4.69) is 15.8 Å². The first-order valence-corrected chi connectivity index (χ1v) is 8.87. The fourth-order valence-electron chi connectivity index (χ4n) is 2.99. The Hall–Kier alpha value is -1.67. The number of ether oxygens (including phenoxy) is 1. The quantitative estimate of drug-likeness (QED) is 0.781. The second-order valence-corrected chi connectivity index (χ2v) is 6.75. The van der Waals surface area contributed by atoms with Gasteiger partial charge in [0.1, 0.15) is 11.6 Å². The molecule has 1 aromatic heterocycles. The number of hydrogen-bond acceptors (Lipinski definition) is 5. The van der Waals surface area contributed by atoms with Gasteiger partial charge in [-0.1, -0.05) is 22.8 Å². The summed E-state index contributed by atoms with van der Waals surface area (Å²) in [5.74, 6) is -0.162. The zero-order chi connectivity index (χ0) is 18.5. The van der Waals surface area contributed by atoms with Gasteiger partial charge in [0, 0.05) is 31.6 Å². The fourth-order valence-corrected chi connectivity index (χ4v) is 3.11. The molecule has 0 spiro atoms. The maximum atomic E-state index is 13.8. The lowest BCUT2D eigenvalue weighted by atomic mass is 9.95. The Labute approximate surface area is 168 Å². The molecule has 0 radical (unpaired) electrons. The molecule has 1 aliphatic heterocycles. The molecule has 148 valence electrons. The van der Waals surface area contributed by atoms with Crippen LogP contribution in [0.2, 0.25) is 5.02 Å². The highest BCUT2D eigenvalue weighted by Crippen LogP contribution is 2.29. The molecule has 2 heterocycles. The molecule has 1 aliphatic rings. The molecule has 6 nitrogen and oxygen atoms in total. The molecule has 2 N–H and O–H groups in total. The lowest BCUT2D eigenvalue weighted by molar-refractivity contribution is -0.121. The molecule has 1 fully saturated rings. The van der Waals surface area contributed by atoms with Gasteiger partial charge in [-0.3, -0.25) is 4.79 Å². The Bertz CT molecular complexity index is 772. The van der Waals surface area contributed by atoms with Gasteiger partial charge in [0.2, 0.25) is 5.91 Å². The highest BCUT2D eigenvalue weighted by atomic mass is 35.5. The monoisotopic (exact) mass is 417 g/mol. The van der Waals surface area contributed by atoms with Gasteiger partial charge in [0.05, 0.1) is 29.8 Å². The molecule has 1 saturated heterocycles. The van der Waals surface area contributed by atoms with Crippen LogP contribution in [-0.2, 0) is 16.0 Å². The Morgan fingerprint density at radius 2 is 2.26 bits per heavy atom. The van der Waals surface area contributed by atoms with E-state index in [1.54, 1.807) is 19.1 Å². The van der Waals surface area contributed by atoms with Crippen molar-refractivity contribution in [2.24, 2.45) is 5.92 Å². The van der Waals surface area contributed by atoms with Crippen molar-refractivity contribution in [3.05, 3.63) is 52.1 Å². The summed E-state index contributed by atoms with van der Waals surface area (Å²) in [4.78, 5) is 12.2. The summed E-state index contributed by atoms with van der Waals surface area (Å²) < 4.78 is 24.8. The highest BCUT2D eigenvalue weighted by molar-refractivity contribution is 6.30. The minimum atomic E-state index is -0.478. The van der Waals surface area contributed by atoms with Gasteiger partial charge in [0.25, 0.3) is 0 Å². The van der Waals surface area contributed by atoms with Crippen molar-refractivity contribution in [2.75, 3.05) is 26.2 Å². The number of nitrogens with one attached hydrogen (secondary N) is 2. The Balaban J connectivity index is 0.00000261. The van der Waals surface area contributed by atoms with Crippen LogP contribution in [0.5, 0.6) is 0 Å². The molecule has 0 unspecified atom stereocenters. The summed E-state index contributed by atoms with van der Waals surface area (Å²) >= 11 is 5.77. The molecule has 0 aliphatic carbocycles. The zero-order valence-corrected chi connectivity index (χ0v) is 16.4. The average molecular weight is 418 g/mol. The largest absolute Gasteiger partial charge is 0.372 e. The van der Waals surface area contributed by atoms with Crippen molar-refractivity contribution in [1.29, 1.82) is 0 Å². The molecule has 2 aromatic rings. The Morgan fingerprint density at radius 3 is 2.96 bits per heavy atom. The lowest BCUT2D eigenvalue weighted by Crippen LogP contribution is -2.37. The lowest BCUT2D eigenvalue weighted by Gasteiger charge is -2.25. The third kappa shape index (κ3) is 5.90. The van der Waals surface area contributed by atoms with Crippen LogP contribution in [-0.4, -0.2) is 37.3 Å². The molecule has 2 atom stereocenters. The van der Waals surface area contributed by atoms with E-state index in [-0.39, 0.29) is 41.8 Å². The number of carbonyl (C=O) groups is 1. The molecular formula is C18H22Cl2FN3O3. The fraction of sp³-hybridized carbons (Fsp3) is 0.444. The molecular weight excluding hydrogens is 396 g/mol. The zero-order valence-electron chi connectivity index (χ0n) is 14.8. The molecule has 1 aromatic carbocycles. The van der Waals surface area contributed by atoms with Crippen LogP contribution in [0.25, 0.3) is 0 Å². The van der Waals surface area contributed by atoms with Crippen LogP contribution in [0.15, 0.2) is 28.8 Å². The maximum Gasteiger partial charge on any atom is 0.227 e. The second kappa shape index (κ2) is 10.0. The number of rotatable bonds is 5. The van der Waals surface area contributed by atoms with Crippen molar-refractivity contribution in [3.63, 3.8) is 0 Å². The summed E-state index contributed by atoms with van der Waals surface area (Å²) in [6, 6.07) is 6.41. The van der Waals surface area contributed by atoms with E-state index < -0.39 is 5.82 Å². The van der Waals surface area contributed by atoms with E-state index in [4.69, 9.17) is 20.9 Å². The number of halogens is 3.